The van der Waals surface area contributed by atoms with Gasteiger partial charge < -0.3 is 4.90 Å². The van der Waals surface area contributed by atoms with E-state index in [1.54, 1.807) is 0 Å². The smallest absolute Gasteiger partial charge is 0.240 e. The molecule has 4 nitrogen and oxygen atoms in total. The maximum atomic E-state index is 13.5. The number of carbonyl (C=O) groups excluding carboxylic acids is 1. The van der Waals surface area contributed by atoms with Gasteiger partial charge in [-0.2, -0.15) is 5.26 Å². The number of benzene rings is 1. The molecule has 5 heteroatoms. The quantitative estimate of drug-likeness (QED) is 0.617. The van der Waals surface area contributed by atoms with E-state index in [0.717, 1.165) is 61.5 Å². The number of fused-ring (bicyclic) bond motifs is 2. The highest BCUT2D eigenvalue weighted by molar-refractivity contribution is 8.00. The van der Waals surface area contributed by atoms with Gasteiger partial charge in [0.05, 0.1) is 10.8 Å². The number of para-hydroxylation sites is 1. The number of amides is 1. The highest BCUT2D eigenvalue weighted by Gasteiger charge is 2.29. The van der Waals surface area contributed by atoms with Crippen molar-refractivity contribution in [1.82, 2.24) is 4.98 Å². The monoisotopic (exact) mass is 419 g/mol. The molecule has 156 valence electrons. The van der Waals surface area contributed by atoms with E-state index in [9.17, 15) is 10.1 Å². The van der Waals surface area contributed by atoms with E-state index in [2.05, 4.69) is 12.1 Å². The van der Waals surface area contributed by atoms with Gasteiger partial charge in [0.25, 0.3) is 0 Å². The van der Waals surface area contributed by atoms with Gasteiger partial charge in [0.15, 0.2) is 0 Å². The maximum absolute atomic E-state index is 13.5. The fourth-order valence-corrected chi connectivity index (χ4v) is 5.58. The molecule has 1 aromatic heterocycles. The molecule has 2 aliphatic rings. The molecule has 0 bridgehead atoms. The van der Waals surface area contributed by atoms with Gasteiger partial charge in [0, 0.05) is 17.9 Å². The highest BCUT2D eigenvalue weighted by Crippen LogP contribution is 2.34. The number of nitrogens with zero attached hydrogens (tertiary/aromatic N) is 3. The molecule has 1 aliphatic carbocycles. The Morgan fingerprint density at radius 2 is 1.90 bits per heavy atom. The van der Waals surface area contributed by atoms with Gasteiger partial charge in [-0.15, -0.1) is 0 Å². The molecular formula is C25H29N3OS. The summed E-state index contributed by atoms with van der Waals surface area (Å²) in [6.07, 6.45) is 9.51. The first-order valence-corrected chi connectivity index (χ1v) is 12.1. The summed E-state index contributed by atoms with van der Waals surface area (Å²) in [5, 5.41) is 10.2. The Labute approximate surface area is 183 Å². The number of anilines is 1. The van der Waals surface area contributed by atoms with Crippen molar-refractivity contribution in [3.8, 4) is 6.07 Å². The molecule has 4 rings (SSSR count). The summed E-state index contributed by atoms with van der Waals surface area (Å²) in [4.78, 5) is 20.3. The van der Waals surface area contributed by atoms with Gasteiger partial charge in [0.1, 0.15) is 11.1 Å². The van der Waals surface area contributed by atoms with Crippen LogP contribution in [0.1, 0.15) is 67.8 Å². The number of hydrogen-bond acceptors (Lipinski definition) is 4. The number of carbonyl (C=O) groups is 1. The van der Waals surface area contributed by atoms with Crippen LogP contribution in [0.15, 0.2) is 35.4 Å². The topological polar surface area (TPSA) is 57.0 Å². The number of aryl methyl sites for hydroxylation is 3. The second-order valence-corrected chi connectivity index (χ2v) is 9.40. The van der Waals surface area contributed by atoms with Gasteiger partial charge in [0.2, 0.25) is 5.91 Å². The fraction of sp³-hybridized carbons (Fsp3) is 0.480. The number of hydrogen-bond donors (Lipinski definition) is 0. The Bertz CT molecular complexity index is 965. The molecule has 0 fully saturated rings. The van der Waals surface area contributed by atoms with E-state index in [0.29, 0.717) is 12.0 Å². The van der Waals surface area contributed by atoms with E-state index < -0.39 is 0 Å². The lowest BCUT2D eigenvalue weighted by Gasteiger charge is -2.32. The summed E-state index contributed by atoms with van der Waals surface area (Å²) < 4.78 is 0. The second kappa shape index (κ2) is 9.66. The van der Waals surface area contributed by atoms with Crippen LogP contribution in [0.3, 0.4) is 0 Å². The van der Waals surface area contributed by atoms with Gasteiger partial charge in [-0.05, 0) is 68.2 Å². The summed E-state index contributed by atoms with van der Waals surface area (Å²) in [6, 6.07) is 12.6. The van der Waals surface area contributed by atoms with Crippen LogP contribution in [-0.2, 0) is 24.1 Å². The Morgan fingerprint density at radius 3 is 2.70 bits per heavy atom. The summed E-state index contributed by atoms with van der Waals surface area (Å²) in [6.45, 7) is 2.81. The molecule has 0 saturated carbocycles. The Balaban J connectivity index is 1.60. The van der Waals surface area contributed by atoms with Crippen molar-refractivity contribution < 1.29 is 4.79 Å². The van der Waals surface area contributed by atoms with Gasteiger partial charge >= 0.3 is 0 Å². The average Bonchev–Trinajstić information content (AvgIpc) is 2.77. The molecule has 0 N–H and O–H groups in total. The molecule has 0 spiro atoms. The second-order valence-electron chi connectivity index (χ2n) is 8.21. The first-order chi connectivity index (χ1) is 14.7. The van der Waals surface area contributed by atoms with Crippen molar-refractivity contribution in [1.29, 1.82) is 5.26 Å². The number of pyridine rings is 1. The molecule has 2 heterocycles. The predicted octanol–water partition coefficient (Wildman–Crippen LogP) is 5.46. The predicted molar refractivity (Wildman–Crippen MR) is 122 cm³/mol. The number of thioether (sulfide) groups is 1. The molecule has 30 heavy (non-hydrogen) atoms. The molecule has 1 aliphatic heterocycles. The third-order valence-electron chi connectivity index (χ3n) is 6.16. The van der Waals surface area contributed by atoms with E-state index >= 15 is 0 Å². The van der Waals surface area contributed by atoms with Crippen molar-refractivity contribution in [3.05, 3.63) is 52.7 Å². The molecule has 1 unspecified atom stereocenters. The van der Waals surface area contributed by atoms with E-state index in [1.807, 2.05) is 36.1 Å². The summed E-state index contributed by atoms with van der Waals surface area (Å²) >= 11 is 1.48. The van der Waals surface area contributed by atoms with Crippen LogP contribution in [-0.4, -0.2) is 22.7 Å². The van der Waals surface area contributed by atoms with Crippen LogP contribution in [0.2, 0.25) is 0 Å². The molecule has 2 aromatic rings. The molecule has 0 saturated heterocycles. The standard InChI is InChI=1S/C25H29N3OS/c1-2-23(25(29)28-15-9-12-18-10-7-8-14-22(18)28)30-24-20(17-26)16-19-11-5-3-4-6-13-21(19)27-24/h7-8,10,14,16,23H,2-6,9,11-13,15H2,1H3. The van der Waals surface area contributed by atoms with Crippen LogP contribution in [0.4, 0.5) is 5.69 Å². The van der Waals surface area contributed by atoms with Crippen molar-refractivity contribution in [2.75, 3.05) is 11.4 Å². The van der Waals surface area contributed by atoms with Crippen LogP contribution in [0.5, 0.6) is 0 Å². The first kappa shape index (κ1) is 20.9. The third kappa shape index (κ3) is 4.39. The van der Waals surface area contributed by atoms with E-state index in [4.69, 9.17) is 4.98 Å². The van der Waals surface area contributed by atoms with Gasteiger partial charge in [-0.25, -0.2) is 4.98 Å². The zero-order chi connectivity index (χ0) is 20.9. The minimum absolute atomic E-state index is 0.132. The van der Waals surface area contributed by atoms with Crippen LogP contribution < -0.4 is 4.90 Å². The van der Waals surface area contributed by atoms with Crippen molar-refractivity contribution in [2.24, 2.45) is 0 Å². The average molecular weight is 420 g/mol. The zero-order valence-electron chi connectivity index (χ0n) is 17.7. The van der Waals surface area contributed by atoms with Crippen LogP contribution >= 0.6 is 11.8 Å². The fourth-order valence-electron chi connectivity index (χ4n) is 4.52. The first-order valence-electron chi connectivity index (χ1n) is 11.2. The van der Waals surface area contributed by atoms with Crippen LogP contribution in [0, 0.1) is 11.3 Å². The largest absolute Gasteiger partial charge is 0.311 e. The molecule has 0 radical (unpaired) electrons. The molecule has 1 amide bonds. The van der Waals surface area contributed by atoms with Gasteiger partial charge in [-0.1, -0.05) is 49.7 Å². The minimum atomic E-state index is -0.234. The normalized spacial score (nSPS) is 17.1. The van der Waals surface area contributed by atoms with E-state index in [-0.39, 0.29) is 11.2 Å². The SMILES string of the molecule is CCC(Sc1nc2c(cc1C#N)CCCCCC2)C(=O)N1CCCc2ccccc21. The van der Waals surface area contributed by atoms with Crippen molar-refractivity contribution >= 4 is 23.4 Å². The van der Waals surface area contributed by atoms with Crippen molar-refractivity contribution in [2.45, 2.75) is 75.0 Å². The Hall–Kier alpha value is -2.32. The highest BCUT2D eigenvalue weighted by atomic mass is 32.2. The maximum Gasteiger partial charge on any atom is 0.240 e. The molecular weight excluding hydrogens is 390 g/mol. The van der Waals surface area contributed by atoms with Crippen molar-refractivity contribution in [3.63, 3.8) is 0 Å². The lowest BCUT2D eigenvalue weighted by molar-refractivity contribution is -0.118. The third-order valence-corrected chi connectivity index (χ3v) is 7.52. The molecule has 1 aromatic carbocycles. The number of aromatic nitrogens is 1. The minimum Gasteiger partial charge on any atom is -0.311 e. The van der Waals surface area contributed by atoms with Crippen LogP contribution in [0.25, 0.3) is 0 Å². The lowest BCUT2D eigenvalue weighted by Crippen LogP contribution is -2.41. The lowest BCUT2D eigenvalue weighted by atomic mass is 9.96. The number of rotatable bonds is 4. The number of nitriles is 1. The summed E-state index contributed by atoms with van der Waals surface area (Å²) in [5.74, 6) is 0.132. The molecule has 1 atom stereocenters. The van der Waals surface area contributed by atoms with Gasteiger partial charge in [-0.3, -0.25) is 4.79 Å². The Kier molecular flexibility index (Phi) is 6.74. The summed E-state index contributed by atoms with van der Waals surface area (Å²) in [7, 11) is 0. The Morgan fingerprint density at radius 1 is 1.13 bits per heavy atom. The zero-order valence-corrected chi connectivity index (χ0v) is 18.5. The van der Waals surface area contributed by atoms with E-state index in [1.165, 1.54) is 35.7 Å². The summed E-state index contributed by atoms with van der Waals surface area (Å²) in [5.41, 5.74) is 5.25.